The monoisotopic (exact) mass is 883 g/mol. The van der Waals surface area contributed by atoms with Gasteiger partial charge in [0.1, 0.15) is 24.9 Å². The molecule has 0 saturated carbocycles. The molecule has 0 aromatic rings. The van der Waals surface area contributed by atoms with Gasteiger partial charge in [-0.1, -0.05) is 206 Å². The van der Waals surface area contributed by atoms with Gasteiger partial charge in [-0.25, -0.2) is 4.79 Å². The smallest absolute Gasteiger partial charge is 0.335 e. The summed E-state index contributed by atoms with van der Waals surface area (Å²) in [7, 11) is 0. The average Bonchev–Trinajstić information content (AvgIpc) is 3.26. The predicted molar refractivity (Wildman–Crippen MR) is 248 cm³/mol. The van der Waals surface area contributed by atoms with Crippen molar-refractivity contribution < 1.29 is 53.8 Å². The number of carbonyl (C=O) groups excluding carboxylic acids is 2. The third kappa shape index (κ3) is 32.6. The first-order valence-electron chi connectivity index (χ1n) is 25.7. The van der Waals surface area contributed by atoms with Crippen LogP contribution in [0.4, 0.5) is 0 Å². The van der Waals surface area contributed by atoms with Crippen molar-refractivity contribution in [2.45, 2.75) is 282 Å². The molecular formula is C51H94O11. The van der Waals surface area contributed by atoms with Gasteiger partial charge in [0, 0.05) is 12.8 Å². The number of carboxylic acids is 1. The van der Waals surface area contributed by atoms with Gasteiger partial charge in [-0.15, -0.1) is 0 Å². The van der Waals surface area contributed by atoms with Crippen LogP contribution in [0.3, 0.4) is 0 Å². The maximum Gasteiger partial charge on any atom is 0.335 e. The largest absolute Gasteiger partial charge is 0.479 e. The first-order chi connectivity index (χ1) is 30.2. The van der Waals surface area contributed by atoms with E-state index in [4.69, 9.17) is 18.9 Å². The van der Waals surface area contributed by atoms with Crippen LogP contribution in [0.1, 0.15) is 245 Å². The lowest BCUT2D eigenvalue weighted by Crippen LogP contribution is -2.60. The Morgan fingerprint density at radius 3 is 1.29 bits per heavy atom. The van der Waals surface area contributed by atoms with Crippen molar-refractivity contribution in [2.75, 3.05) is 13.2 Å². The summed E-state index contributed by atoms with van der Waals surface area (Å²) in [5, 5.41) is 39.9. The van der Waals surface area contributed by atoms with Crippen LogP contribution in [0.2, 0.25) is 0 Å². The number of hydrogen-bond acceptors (Lipinski definition) is 10. The lowest BCUT2D eigenvalue weighted by molar-refractivity contribution is -0.298. The Morgan fingerprint density at radius 2 is 0.855 bits per heavy atom. The van der Waals surface area contributed by atoms with Crippen LogP contribution in [0.15, 0.2) is 12.2 Å². The van der Waals surface area contributed by atoms with Crippen molar-refractivity contribution in [3.63, 3.8) is 0 Å². The first kappa shape index (κ1) is 58.0. The van der Waals surface area contributed by atoms with Crippen molar-refractivity contribution in [1.29, 1.82) is 0 Å². The van der Waals surface area contributed by atoms with Gasteiger partial charge in [0.05, 0.1) is 6.61 Å². The zero-order valence-electron chi connectivity index (χ0n) is 39.6. The van der Waals surface area contributed by atoms with E-state index in [-0.39, 0.29) is 26.1 Å². The van der Waals surface area contributed by atoms with Crippen LogP contribution in [0, 0.1) is 0 Å². The van der Waals surface area contributed by atoms with Crippen LogP contribution in [-0.2, 0) is 33.3 Å². The van der Waals surface area contributed by atoms with Gasteiger partial charge in [-0.3, -0.25) is 9.59 Å². The third-order valence-electron chi connectivity index (χ3n) is 12.1. The quantitative estimate of drug-likeness (QED) is 0.0261. The van der Waals surface area contributed by atoms with Crippen molar-refractivity contribution in [3.8, 4) is 0 Å². The number of esters is 2. The average molecular weight is 883 g/mol. The highest BCUT2D eigenvalue weighted by Gasteiger charge is 2.47. The van der Waals surface area contributed by atoms with Gasteiger partial charge in [0.25, 0.3) is 0 Å². The number of unbranched alkanes of at least 4 members (excludes halogenated alkanes) is 31. The topological polar surface area (TPSA) is 169 Å². The van der Waals surface area contributed by atoms with E-state index in [1.54, 1.807) is 0 Å². The Bertz CT molecular complexity index is 1080. The number of rotatable bonds is 44. The number of aliphatic carboxylic acids is 1. The predicted octanol–water partition coefficient (Wildman–Crippen LogP) is 12.0. The Kier molecular flexibility index (Phi) is 38.9. The highest BCUT2D eigenvalue weighted by Crippen LogP contribution is 2.23. The second-order valence-electron chi connectivity index (χ2n) is 18.0. The van der Waals surface area contributed by atoms with E-state index in [0.717, 1.165) is 57.8 Å². The summed E-state index contributed by atoms with van der Waals surface area (Å²) in [5.74, 6) is -2.44. The Labute approximate surface area is 377 Å². The van der Waals surface area contributed by atoms with E-state index in [1.165, 1.54) is 148 Å². The molecule has 6 atom stereocenters. The van der Waals surface area contributed by atoms with Crippen molar-refractivity contribution in [1.82, 2.24) is 0 Å². The van der Waals surface area contributed by atoms with E-state index in [1.807, 2.05) is 0 Å². The Hall–Kier alpha value is -2.05. The van der Waals surface area contributed by atoms with Crippen LogP contribution in [-0.4, -0.2) is 88.4 Å². The molecule has 0 amide bonds. The van der Waals surface area contributed by atoms with Gasteiger partial charge in [0.2, 0.25) is 0 Å². The molecule has 11 nitrogen and oxygen atoms in total. The summed E-state index contributed by atoms with van der Waals surface area (Å²) in [6, 6.07) is 0. The lowest BCUT2D eigenvalue weighted by atomic mass is 9.99. The summed E-state index contributed by atoms with van der Waals surface area (Å²) >= 11 is 0. The van der Waals surface area contributed by atoms with Gasteiger partial charge in [0.15, 0.2) is 18.5 Å². The molecule has 0 aromatic heterocycles. The van der Waals surface area contributed by atoms with E-state index >= 15 is 0 Å². The van der Waals surface area contributed by atoms with Gasteiger partial charge in [-0.05, 0) is 38.5 Å². The fraction of sp³-hybridized carbons (Fsp3) is 0.902. The summed E-state index contributed by atoms with van der Waals surface area (Å²) in [5.41, 5.74) is 0. The number of carboxylic acid groups (broad SMARTS) is 1. The fourth-order valence-electron chi connectivity index (χ4n) is 8.05. The summed E-state index contributed by atoms with van der Waals surface area (Å²) in [6.45, 7) is 3.81. The summed E-state index contributed by atoms with van der Waals surface area (Å²) in [6.07, 6.45) is 37.1. The molecule has 364 valence electrons. The van der Waals surface area contributed by atoms with E-state index in [9.17, 15) is 34.8 Å². The van der Waals surface area contributed by atoms with Gasteiger partial charge >= 0.3 is 17.9 Å². The van der Waals surface area contributed by atoms with Gasteiger partial charge in [-0.2, -0.15) is 0 Å². The fourth-order valence-corrected chi connectivity index (χ4v) is 8.05. The molecular weight excluding hydrogens is 789 g/mol. The summed E-state index contributed by atoms with van der Waals surface area (Å²) < 4.78 is 21.8. The molecule has 1 fully saturated rings. The minimum atomic E-state index is -1.86. The zero-order chi connectivity index (χ0) is 45.3. The second-order valence-corrected chi connectivity index (χ2v) is 18.0. The van der Waals surface area contributed by atoms with Crippen molar-refractivity contribution in [3.05, 3.63) is 12.2 Å². The molecule has 11 heteroatoms. The molecule has 0 bridgehead atoms. The van der Waals surface area contributed by atoms with Crippen LogP contribution in [0.5, 0.6) is 0 Å². The van der Waals surface area contributed by atoms with E-state index < -0.39 is 54.7 Å². The number of allylic oxidation sites excluding steroid dienone is 2. The Morgan fingerprint density at radius 1 is 0.484 bits per heavy atom. The SMILES string of the molecule is CCCCC/C=C\CCCCCCCC(=O)OCC(COC1OC(C(=O)O)C(O)C(O)C1O)OC(=O)CCCCCCCCCCCCCCCCCCCCCCCCCC. The third-order valence-corrected chi connectivity index (χ3v) is 12.1. The maximum absolute atomic E-state index is 12.8. The number of hydrogen-bond donors (Lipinski definition) is 4. The second kappa shape index (κ2) is 41.6. The Balaban J connectivity index is 2.24. The number of carbonyl (C=O) groups is 3. The molecule has 1 aliphatic heterocycles. The zero-order valence-corrected chi connectivity index (χ0v) is 39.6. The molecule has 0 spiro atoms. The molecule has 6 unspecified atom stereocenters. The van der Waals surface area contributed by atoms with Crippen LogP contribution in [0.25, 0.3) is 0 Å². The molecule has 1 saturated heterocycles. The molecule has 1 heterocycles. The minimum absolute atomic E-state index is 0.187. The number of aliphatic hydroxyl groups is 3. The van der Waals surface area contributed by atoms with Crippen LogP contribution >= 0.6 is 0 Å². The minimum Gasteiger partial charge on any atom is -0.479 e. The standard InChI is InChI=1S/C51H94O11/c1-3-5-7-9-11-13-15-17-18-19-20-21-22-23-24-25-26-27-28-30-32-34-36-38-40-45(53)61-43(42-60-51-48(56)46(54)47(55)49(62-51)50(57)58)41-59-44(52)39-37-35-33-31-29-16-14-12-10-8-6-4-2/h12,14,43,46-49,51,54-56H,3-11,13,15-42H2,1-2H3,(H,57,58)/b14-12-. The molecule has 4 N–H and O–H groups in total. The first-order valence-corrected chi connectivity index (χ1v) is 25.7. The molecule has 62 heavy (non-hydrogen) atoms. The van der Waals surface area contributed by atoms with Crippen LogP contribution < -0.4 is 0 Å². The normalized spacial score (nSPS) is 19.5. The molecule has 0 aromatic carbocycles. The van der Waals surface area contributed by atoms with Gasteiger partial charge < -0.3 is 39.4 Å². The number of ether oxygens (including phenoxy) is 4. The highest BCUT2D eigenvalue weighted by molar-refractivity contribution is 5.73. The van der Waals surface area contributed by atoms with E-state index in [2.05, 4.69) is 26.0 Å². The summed E-state index contributed by atoms with van der Waals surface area (Å²) in [4.78, 5) is 36.9. The van der Waals surface area contributed by atoms with Crippen molar-refractivity contribution >= 4 is 17.9 Å². The molecule has 0 radical (unpaired) electrons. The maximum atomic E-state index is 12.8. The van der Waals surface area contributed by atoms with E-state index in [0.29, 0.717) is 12.8 Å². The lowest BCUT2D eigenvalue weighted by Gasteiger charge is -2.38. The molecule has 1 aliphatic rings. The van der Waals surface area contributed by atoms with Crippen molar-refractivity contribution in [2.24, 2.45) is 0 Å². The number of aliphatic hydroxyl groups excluding tert-OH is 3. The molecule has 1 rings (SSSR count). The molecule has 0 aliphatic carbocycles. The highest BCUT2D eigenvalue weighted by atomic mass is 16.7.